The Balaban J connectivity index is 2.01. The lowest BCUT2D eigenvalue weighted by Crippen LogP contribution is -2.29. The van der Waals surface area contributed by atoms with Gasteiger partial charge in [-0.2, -0.15) is 0 Å². The maximum absolute atomic E-state index is 13.4. The van der Waals surface area contributed by atoms with Crippen molar-refractivity contribution in [1.82, 2.24) is 14.9 Å². The van der Waals surface area contributed by atoms with Crippen molar-refractivity contribution in [3.63, 3.8) is 0 Å². The molecule has 0 spiro atoms. The van der Waals surface area contributed by atoms with E-state index in [0.717, 1.165) is 18.5 Å². The van der Waals surface area contributed by atoms with Crippen molar-refractivity contribution < 1.29 is 8.78 Å². The van der Waals surface area contributed by atoms with E-state index in [4.69, 9.17) is 0 Å². The summed E-state index contributed by atoms with van der Waals surface area (Å²) in [6.07, 6.45) is 5.94. The highest BCUT2D eigenvalue weighted by Gasteiger charge is 2.37. The molecule has 1 aromatic heterocycles. The molecule has 5 heteroatoms. The zero-order chi connectivity index (χ0) is 13.2. The molecule has 1 saturated carbocycles. The molecule has 1 heterocycles. The quantitative estimate of drug-likeness (QED) is 0.898. The number of nitrogens with zero attached hydrogens (tertiary/aromatic N) is 2. The predicted octanol–water partition coefficient (Wildman–Crippen LogP) is 2.90. The molecule has 0 amide bonds. The van der Waals surface area contributed by atoms with Crippen LogP contribution in [0.1, 0.15) is 43.8 Å². The molecule has 1 aliphatic carbocycles. The maximum atomic E-state index is 13.4. The highest BCUT2D eigenvalue weighted by atomic mass is 19.3. The van der Waals surface area contributed by atoms with Gasteiger partial charge in [0.25, 0.3) is 0 Å². The minimum atomic E-state index is -2.46. The number of alkyl halides is 2. The minimum Gasteiger partial charge on any atom is -0.336 e. The number of halogens is 2. The lowest BCUT2D eigenvalue weighted by Gasteiger charge is -2.31. The molecule has 2 rings (SSSR count). The van der Waals surface area contributed by atoms with E-state index in [2.05, 4.69) is 10.3 Å². The van der Waals surface area contributed by atoms with E-state index in [-0.39, 0.29) is 24.8 Å². The highest BCUT2D eigenvalue weighted by Crippen LogP contribution is 2.40. The van der Waals surface area contributed by atoms with Gasteiger partial charge in [0.2, 0.25) is 5.92 Å². The number of imidazole rings is 1. The number of hydrogen-bond donors (Lipinski definition) is 1. The van der Waals surface area contributed by atoms with Crippen molar-refractivity contribution in [3.05, 3.63) is 18.2 Å². The molecular weight excluding hydrogens is 236 g/mol. The van der Waals surface area contributed by atoms with Gasteiger partial charge in [-0.25, -0.2) is 13.8 Å². The van der Waals surface area contributed by atoms with Crippen LogP contribution in [0.3, 0.4) is 0 Å². The van der Waals surface area contributed by atoms with Crippen LogP contribution >= 0.6 is 0 Å². The average Bonchev–Trinajstić information content (AvgIpc) is 2.71. The van der Waals surface area contributed by atoms with Crippen LogP contribution < -0.4 is 5.32 Å². The first-order chi connectivity index (χ1) is 8.52. The molecule has 102 valence electrons. The summed E-state index contributed by atoms with van der Waals surface area (Å²) in [6.45, 7) is 0. The second-order valence-corrected chi connectivity index (χ2v) is 5.32. The van der Waals surface area contributed by atoms with Crippen LogP contribution in [0.25, 0.3) is 0 Å². The number of aromatic nitrogens is 2. The van der Waals surface area contributed by atoms with Gasteiger partial charge >= 0.3 is 0 Å². The Hall–Kier alpha value is -0.970. The van der Waals surface area contributed by atoms with Gasteiger partial charge in [0, 0.05) is 32.1 Å². The number of aryl methyl sites for hydroxylation is 1. The standard InChI is InChI=1S/C13H21F2N3/c1-16-11(12-8-17-9-18(12)2)6-10-4-3-5-13(14,15)7-10/h8-11,16H,3-7H2,1-2H3. The summed E-state index contributed by atoms with van der Waals surface area (Å²) in [5.74, 6) is -2.37. The van der Waals surface area contributed by atoms with E-state index in [1.54, 1.807) is 6.33 Å². The monoisotopic (exact) mass is 257 g/mol. The summed E-state index contributed by atoms with van der Waals surface area (Å²) in [4.78, 5) is 4.09. The topological polar surface area (TPSA) is 29.9 Å². The SMILES string of the molecule is CNC(CC1CCCC(F)(F)C1)c1cncn1C. The molecule has 0 bridgehead atoms. The Kier molecular flexibility index (Phi) is 4.00. The molecular formula is C13H21F2N3. The normalized spacial score (nSPS) is 25.0. The first kappa shape index (κ1) is 13.5. The molecule has 2 atom stereocenters. The van der Waals surface area contributed by atoms with Crippen molar-refractivity contribution >= 4 is 0 Å². The third-order valence-electron chi connectivity index (χ3n) is 3.87. The van der Waals surface area contributed by atoms with Crippen LogP contribution in [0.4, 0.5) is 8.78 Å². The molecule has 0 aliphatic heterocycles. The van der Waals surface area contributed by atoms with E-state index in [1.165, 1.54) is 0 Å². The van der Waals surface area contributed by atoms with Crippen molar-refractivity contribution in [2.75, 3.05) is 7.05 Å². The summed E-state index contributed by atoms with van der Waals surface area (Å²) in [7, 11) is 3.81. The lowest BCUT2D eigenvalue weighted by atomic mass is 9.82. The van der Waals surface area contributed by atoms with E-state index < -0.39 is 5.92 Å². The Morgan fingerprint density at radius 1 is 1.61 bits per heavy atom. The molecule has 1 aromatic rings. The molecule has 0 saturated heterocycles. The first-order valence-corrected chi connectivity index (χ1v) is 6.53. The van der Waals surface area contributed by atoms with Crippen LogP contribution in [-0.4, -0.2) is 22.5 Å². The maximum Gasteiger partial charge on any atom is 0.248 e. The van der Waals surface area contributed by atoms with Crippen LogP contribution in [0.5, 0.6) is 0 Å². The zero-order valence-electron chi connectivity index (χ0n) is 11.0. The smallest absolute Gasteiger partial charge is 0.248 e. The summed E-state index contributed by atoms with van der Waals surface area (Å²) in [5, 5.41) is 3.21. The first-order valence-electron chi connectivity index (χ1n) is 6.53. The van der Waals surface area contributed by atoms with Gasteiger partial charge in [-0.05, 0) is 32.2 Å². The third-order valence-corrected chi connectivity index (χ3v) is 3.87. The second kappa shape index (κ2) is 5.34. The van der Waals surface area contributed by atoms with Crippen LogP contribution in [-0.2, 0) is 7.05 Å². The van der Waals surface area contributed by atoms with Crippen molar-refractivity contribution in [2.24, 2.45) is 13.0 Å². The van der Waals surface area contributed by atoms with E-state index in [0.29, 0.717) is 6.42 Å². The molecule has 18 heavy (non-hydrogen) atoms. The molecule has 1 aliphatic rings. The highest BCUT2D eigenvalue weighted by molar-refractivity contribution is 5.05. The number of hydrogen-bond acceptors (Lipinski definition) is 2. The van der Waals surface area contributed by atoms with Gasteiger partial charge in [0.15, 0.2) is 0 Å². The van der Waals surface area contributed by atoms with E-state index >= 15 is 0 Å². The van der Waals surface area contributed by atoms with Gasteiger partial charge < -0.3 is 9.88 Å². The van der Waals surface area contributed by atoms with Gasteiger partial charge in [-0.1, -0.05) is 0 Å². The molecule has 0 aromatic carbocycles. The van der Waals surface area contributed by atoms with Gasteiger partial charge in [0.1, 0.15) is 0 Å². The third kappa shape index (κ3) is 3.07. The summed E-state index contributed by atoms with van der Waals surface area (Å²) in [5.41, 5.74) is 1.06. The Morgan fingerprint density at radius 3 is 2.94 bits per heavy atom. The fraction of sp³-hybridized carbons (Fsp3) is 0.769. The Bertz CT molecular complexity index is 389. The number of nitrogens with one attached hydrogen (secondary N) is 1. The summed E-state index contributed by atoms with van der Waals surface area (Å²) < 4.78 is 28.7. The molecule has 3 nitrogen and oxygen atoms in total. The number of rotatable bonds is 4. The largest absolute Gasteiger partial charge is 0.336 e. The van der Waals surface area contributed by atoms with Gasteiger partial charge in [-0.3, -0.25) is 0 Å². The van der Waals surface area contributed by atoms with Crippen LogP contribution in [0.2, 0.25) is 0 Å². The van der Waals surface area contributed by atoms with Crippen molar-refractivity contribution in [1.29, 1.82) is 0 Å². The van der Waals surface area contributed by atoms with Gasteiger partial charge in [0.05, 0.1) is 12.0 Å². The predicted molar refractivity (Wildman–Crippen MR) is 66.5 cm³/mol. The van der Waals surface area contributed by atoms with Crippen LogP contribution in [0, 0.1) is 5.92 Å². The van der Waals surface area contributed by atoms with E-state index in [9.17, 15) is 8.78 Å². The molecule has 0 radical (unpaired) electrons. The Labute approximate surface area is 107 Å². The average molecular weight is 257 g/mol. The lowest BCUT2D eigenvalue weighted by molar-refractivity contribution is -0.0548. The Morgan fingerprint density at radius 2 is 2.39 bits per heavy atom. The molecule has 2 unspecified atom stereocenters. The van der Waals surface area contributed by atoms with Gasteiger partial charge in [-0.15, -0.1) is 0 Å². The fourth-order valence-corrected chi connectivity index (χ4v) is 2.90. The van der Waals surface area contributed by atoms with Crippen LogP contribution in [0.15, 0.2) is 12.5 Å². The zero-order valence-corrected chi connectivity index (χ0v) is 11.0. The second-order valence-electron chi connectivity index (χ2n) is 5.32. The summed E-state index contributed by atoms with van der Waals surface area (Å²) >= 11 is 0. The van der Waals surface area contributed by atoms with Crippen molar-refractivity contribution in [3.8, 4) is 0 Å². The summed E-state index contributed by atoms with van der Waals surface area (Å²) in [6, 6.07) is 0.108. The van der Waals surface area contributed by atoms with Crippen molar-refractivity contribution in [2.45, 2.75) is 44.1 Å². The fourth-order valence-electron chi connectivity index (χ4n) is 2.90. The molecule has 1 fully saturated rings. The molecule has 1 N–H and O–H groups in total. The van der Waals surface area contributed by atoms with E-state index in [1.807, 2.05) is 24.9 Å². The minimum absolute atomic E-state index is 0.0308.